The number of aromatic nitrogens is 1. The first-order valence-electron chi connectivity index (χ1n) is 5.23. The Bertz CT molecular complexity index is 662. The molecule has 2 rings (SSSR count). The van der Waals surface area contributed by atoms with E-state index in [1.54, 1.807) is 6.08 Å². The largest absolute Gasteiger partial charge is 0.242 e. The SMILES string of the molecule is C=Cc1ccc(C=Nc2nc(N=C)c(F)cc2F)s1. The molecule has 0 unspecified atom stereocenters. The number of aliphatic imine (C=N–C) groups is 2. The molecule has 0 saturated heterocycles. The fourth-order valence-electron chi connectivity index (χ4n) is 1.32. The molecule has 2 heterocycles. The predicted molar refractivity (Wildman–Crippen MR) is 75.0 cm³/mol. The van der Waals surface area contributed by atoms with Gasteiger partial charge >= 0.3 is 0 Å². The van der Waals surface area contributed by atoms with Crippen molar-refractivity contribution in [2.45, 2.75) is 0 Å². The Hall–Kier alpha value is -2.21. The van der Waals surface area contributed by atoms with Crippen LogP contribution in [0, 0.1) is 11.6 Å². The molecular weight excluding hydrogens is 268 g/mol. The smallest absolute Gasteiger partial charge is 0.190 e. The first kappa shape index (κ1) is 13.2. The van der Waals surface area contributed by atoms with Gasteiger partial charge in [-0.1, -0.05) is 12.7 Å². The molecule has 0 saturated carbocycles. The number of hydrogen-bond acceptors (Lipinski definition) is 4. The number of rotatable bonds is 4. The van der Waals surface area contributed by atoms with Gasteiger partial charge < -0.3 is 0 Å². The molecule has 0 aromatic carbocycles. The lowest BCUT2D eigenvalue weighted by atomic mass is 10.4. The van der Waals surface area contributed by atoms with Crippen molar-refractivity contribution in [3.8, 4) is 0 Å². The summed E-state index contributed by atoms with van der Waals surface area (Å²) in [6.45, 7) is 6.80. The molecule has 0 amide bonds. The zero-order valence-corrected chi connectivity index (χ0v) is 10.6. The van der Waals surface area contributed by atoms with Gasteiger partial charge in [0.1, 0.15) is 0 Å². The lowest BCUT2D eigenvalue weighted by Crippen LogP contribution is -1.87. The molecule has 0 aliphatic rings. The Balaban J connectivity index is 2.32. The quantitative estimate of drug-likeness (QED) is 0.774. The van der Waals surface area contributed by atoms with Crippen molar-refractivity contribution in [3.63, 3.8) is 0 Å². The monoisotopic (exact) mass is 277 g/mol. The van der Waals surface area contributed by atoms with Crippen LogP contribution < -0.4 is 0 Å². The molecule has 0 N–H and O–H groups in total. The summed E-state index contributed by atoms with van der Waals surface area (Å²) in [7, 11) is 0. The highest BCUT2D eigenvalue weighted by atomic mass is 32.1. The summed E-state index contributed by atoms with van der Waals surface area (Å²) in [5.41, 5.74) is 0. The molecule has 96 valence electrons. The first-order chi connectivity index (χ1) is 9.13. The van der Waals surface area contributed by atoms with Gasteiger partial charge in [0.2, 0.25) is 0 Å². The summed E-state index contributed by atoms with van der Waals surface area (Å²) >= 11 is 1.44. The summed E-state index contributed by atoms with van der Waals surface area (Å²) < 4.78 is 26.6. The van der Waals surface area contributed by atoms with Crippen LogP contribution in [0.1, 0.15) is 9.75 Å². The van der Waals surface area contributed by atoms with Crippen LogP contribution in [0.2, 0.25) is 0 Å². The first-order valence-corrected chi connectivity index (χ1v) is 6.05. The summed E-state index contributed by atoms with van der Waals surface area (Å²) in [5.74, 6) is -2.21. The van der Waals surface area contributed by atoms with Crippen LogP contribution >= 0.6 is 11.3 Å². The number of halogens is 2. The minimum atomic E-state index is -0.864. The van der Waals surface area contributed by atoms with Crippen LogP contribution in [-0.4, -0.2) is 17.9 Å². The van der Waals surface area contributed by atoms with Crippen molar-refractivity contribution < 1.29 is 8.78 Å². The fraction of sp³-hybridized carbons (Fsp3) is 0. The number of nitrogens with zero attached hydrogens (tertiary/aromatic N) is 3. The van der Waals surface area contributed by atoms with Crippen LogP contribution in [0.3, 0.4) is 0 Å². The molecule has 6 heteroatoms. The Morgan fingerprint density at radius 1 is 1.16 bits per heavy atom. The Morgan fingerprint density at radius 3 is 2.47 bits per heavy atom. The van der Waals surface area contributed by atoms with Gasteiger partial charge in [-0.2, -0.15) is 0 Å². The Kier molecular flexibility index (Phi) is 3.91. The van der Waals surface area contributed by atoms with Gasteiger partial charge in [-0.15, -0.1) is 11.3 Å². The zero-order chi connectivity index (χ0) is 13.8. The van der Waals surface area contributed by atoms with Gasteiger partial charge in [0.15, 0.2) is 23.3 Å². The van der Waals surface area contributed by atoms with E-state index in [9.17, 15) is 8.78 Å². The number of pyridine rings is 1. The Labute approximate surface area is 112 Å². The second kappa shape index (κ2) is 5.62. The molecule has 0 radical (unpaired) electrons. The zero-order valence-electron chi connectivity index (χ0n) is 9.81. The minimum absolute atomic E-state index is 0.225. The summed E-state index contributed by atoms with van der Waals surface area (Å²) in [4.78, 5) is 12.7. The molecule has 0 atom stereocenters. The van der Waals surface area contributed by atoms with E-state index in [2.05, 4.69) is 28.3 Å². The van der Waals surface area contributed by atoms with E-state index in [-0.39, 0.29) is 11.6 Å². The predicted octanol–water partition coefficient (Wildman–Crippen LogP) is 4.15. The average molecular weight is 277 g/mol. The molecule has 0 aliphatic heterocycles. The van der Waals surface area contributed by atoms with E-state index in [4.69, 9.17) is 0 Å². The van der Waals surface area contributed by atoms with Crippen molar-refractivity contribution in [2.24, 2.45) is 9.98 Å². The van der Waals surface area contributed by atoms with Crippen molar-refractivity contribution in [3.05, 3.63) is 46.2 Å². The van der Waals surface area contributed by atoms with Gasteiger partial charge in [-0.05, 0) is 18.9 Å². The van der Waals surface area contributed by atoms with Crippen LogP contribution in [0.4, 0.5) is 20.4 Å². The van der Waals surface area contributed by atoms with Crippen LogP contribution in [0.15, 0.2) is 34.8 Å². The van der Waals surface area contributed by atoms with Crippen molar-refractivity contribution in [2.75, 3.05) is 0 Å². The van der Waals surface area contributed by atoms with E-state index >= 15 is 0 Å². The van der Waals surface area contributed by atoms with E-state index in [1.807, 2.05) is 12.1 Å². The fourth-order valence-corrected chi connectivity index (χ4v) is 2.05. The molecule has 0 fully saturated rings. The highest BCUT2D eigenvalue weighted by molar-refractivity contribution is 7.14. The average Bonchev–Trinajstić information content (AvgIpc) is 2.86. The van der Waals surface area contributed by atoms with E-state index in [1.165, 1.54) is 17.6 Å². The highest BCUT2D eigenvalue weighted by Crippen LogP contribution is 2.23. The number of thiophene rings is 1. The molecule has 2 aromatic heterocycles. The maximum atomic E-state index is 13.4. The minimum Gasteiger partial charge on any atom is -0.242 e. The summed E-state index contributed by atoms with van der Waals surface area (Å²) in [6, 6.07) is 4.37. The lowest BCUT2D eigenvalue weighted by Gasteiger charge is -1.98. The molecule has 0 aliphatic carbocycles. The van der Waals surface area contributed by atoms with Gasteiger partial charge in [0, 0.05) is 22.0 Å². The van der Waals surface area contributed by atoms with E-state index < -0.39 is 11.6 Å². The van der Waals surface area contributed by atoms with Gasteiger partial charge in [0.25, 0.3) is 0 Å². The van der Waals surface area contributed by atoms with Gasteiger partial charge in [0.05, 0.1) is 0 Å². The summed E-state index contributed by atoms with van der Waals surface area (Å²) in [6.07, 6.45) is 3.16. The van der Waals surface area contributed by atoms with Crippen LogP contribution in [0.5, 0.6) is 0 Å². The molecule has 3 nitrogen and oxygen atoms in total. The second-order valence-electron chi connectivity index (χ2n) is 3.46. The standard InChI is InChI=1S/C13H9F2N3S/c1-3-8-4-5-9(19-8)7-17-13-11(15)6-10(14)12(16-2)18-13/h3-7H,1-2H2. The third-order valence-corrected chi connectivity index (χ3v) is 3.22. The molecule has 0 spiro atoms. The molecule has 2 aromatic rings. The molecule has 19 heavy (non-hydrogen) atoms. The second-order valence-corrected chi connectivity index (χ2v) is 4.61. The normalized spacial score (nSPS) is 10.8. The topological polar surface area (TPSA) is 37.6 Å². The number of hydrogen-bond donors (Lipinski definition) is 0. The van der Waals surface area contributed by atoms with E-state index in [0.29, 0.717) is 6.07 Å². The molecule has 0 bridgehead atoms. The lowest BCUT2D eigenvalue weighted by molar-refractivity contribution is 0.577. The molecular formula is C13H9F2N3S. The third kappa shape index (κ3) is 2.97. The van der Waals surface area contributed by atoms with Gasteiger partial charge in [-0.3, -0.25) is 0 Å². The third-order valence-electron chi connectivity index (χ3n) is 2.21. The van der Waals surface area contributed by atoms with Crippen molar-refractivity contribution in [1.29, 1.82) is 0 Å². The Morgan fingerprint density at radius 2 is 1.84 bits per heavy atom. The van der Waals surface area contributed by atoms with Gasteiger partial charge in [-0.25, -0.2) is 23.7 Å². The maximum absolute atomic E-state index is 13.4. The maximum Gasteiger partial charge on any atom is 0.190 e. The highest BCUT2D eigenvalue weighted by Gasteiger charge is 2.09. The van der Waals surface area contributed by atoms with Crippen LogP contribution in [-0.2, 0) is 0 Å². The summed E-state index contributed by atoms with van der Waals surface area (Å²) in [5, 5.41) is 0. The van der Waals surface area contributed by atoms with E-state index in [0.717, 1.165) is 9.75 Å². The van der Waals surface area contributed by atoms with Crippen molar-refractivity contribution >= 4 is 42.0 Å². The van der Waals surface area contributed by atoms with Crippen LogP contribution in [0.25, 0.3) is 6.08 Å². The van der Waals surface area contributed by atoms with Crippen molar-refractivity contribution in [1.82, 2.24) is 4.98 Å².